The molecule has 0 spiro atoms. The van der Waals surface area contributed by atoms with E-state index in [4.69, 9.17) is 14.6 Å². The van der Waals surface area contributed by atoms with Crippen LogP contribution in [0.4, 0.5) is 0 Å². The second-order valence-electron chi connectivity index (χ2n) is 4.10. The Morgan fingerprint density at radius 3 is 2.52 bits per heavy atom. The molecule has 0 amide bonds. The molecule has 21 heavy (non-hydrogen) atoms. The fraction of sp³-hybridized carbons (Fsp3) is 0.133. The molecule has 0 bridgehead atoms. The Kier molecular flexibility index (Phi) is 5.64. The molecule has 110 valence electrons. The van der Waals surface area contributed by atoms with Gasteiger partial charge in [0.25, 0.3) is 0 Å². The maximum Gasteiger partial charge on any atom is 0.335 e. The van der Waals surface area contributed by atoms with E-state index in [1.807, 2.05) is 18.2 Å². The Balaban J connectivity index is 1.84. The van der Waals surface area contributed by atoms with Gasteiger partial charge in [0.1, 0.15) is 24.7 Å². The molecule has 0 aliphatic rings. The van der Waals surface area contributed by atoms with Crippen LogP contribution in [0.1, 0.15) is 10.4 Å². The van der Waals surface area contributed by atoms with E-state index in [2.05, 4.69) is 31.9 Å². The van der Waals surface area contributed by atoms with Crippen LogP contribution in [0.2, 0.25) is 0 Å². The normalized spacial score (nSPS) is 10.2. The van der Waals surface area contributed by atoms with Crippen molar-refractivity contribution in [1.29, 1.82) is 0 Å². The number of hydrogen-bond donors (Lipinski definition) is 1. The van der Waals surface area contributed by atoms with E-state index in [9.17, 15) is 4.79 Å². The largest absolute Gasteiger partial charge is 0.490 e. The molecule has 0 saturated heterocycles. The summed E-state index contributed by atoms with van der Waals surface area (Å²) in [4.78, 5) is 10.8. The molecule has 2 rings (SSSR count). The molecule has 0 aliphatic carbocycles. The number of carboxylic acid groups (broad SMARTS) is 1. The minimum Gasteiger partial charge on any atom is -0.490 e. The van der Waals surface area contributed by atoms with Gasteiger partial charge in [-0.1, -0.05) is 22.0 Å². The van der Waals surface area contributed by atoms with Gasteiger partial charge in [-0.3, -0.25) is 0 Å². The molecular weight excluding hydrogens is 404 g/mol. The van der Waals surface area contributed by atoms with Crippen molar-refractivity contribution >= 4 is 37.8 Å². The highest BCUT2D eigenvalue weighted by molar-refractivity contribution is 9.11. The Hall–Kier alpha value is -1.53. The van der Waals surface area contributed by atoms with Crippen LogP contribution in [0.5, 0.6) is 11.5 Å². The second-order valence-corrected chi connectivity index (χ2v) is 5.87. The van der Waals surface area contributed by atoms with E-state index in [0.29, 0.717) is 19.0 Å². The number of carboxylic acids is 1. The first-order valence-electron chi connectivity index (χ1n) is 6.10. The average Bonchev–Trinajstić information content (AvgIpc) is 2.45. The van der Waals surface area contributed by atoms with Crippen molar-refractivity contribution in [3.8, 4) is 11.5 Å². The van der Waals surface area contributed by atoms with Crippen molar-refractivity contribution in [1.82, 2.24) is 0 Å². The minimum absolute atomic E-state index is 0.198. The smallest absolute Gasteiger partial charge is 0.335 e. The first-order valence-corrected chi connectivity index (χ1v) is 7.69. The first kappa shape index (κ1) is 15.9. The molecule has 1 N–H and O–H groups in total. The van der Waals surface area contributed by atoms with Crippen LogP contribution < -0.4 is 9.47 Å². The SMILES string of the molecule is O=C(O)c1cccc(OCCOc2ccc(Br)cc2Br)c1. The third kappa shape index (κ3) is 4.75. The van der Waals surface area contributed by atoms with Gasteiger partial charge < -0.3 is 14.6 Å². The molecule has 0 radical (unpaired) electrons. The Morgan fingerprint density at radius 1 is 1.05 bits per heavy atom. The molecule has 0 heterocycles. The van der Waals surface area contributed by atoms with Gasteiger partial charge in [0.05, 0.1) is 10.0 Å². The van der Waals surface area contributed by atoms with Crippen LogP contribution in [0.3, 0.4) is 0 Å². The summed E-state index contributed by atoms with van der Waals surface area (Å²) >= 11 is 6.78. The zero-order valence-corrected chi connectivity index (χ0v) is 14.1. The number of hydrogen-bond acceptors (Lipinski definition) is 3. The van der Waals surface area contributed by atoms with Crippen molar-refractivity contribution in [2.75, 3.05) is 13.2 Å². The molecule has 0 aromatic heterocycles. The van der Waals surface area contributed by atoms with Crippen LogP contribution in [0.25, 0.3) is 0 Å². The summed E-state index contributed by atoms with van der Waals surface area (Å²) in [6.45, 7) is 0.684. The maximum atomic E-state index is 10.8. The van der Waals surface area contributed by atoms with E-state index in [1.165, 1.54) is 12.1 Å². The minimum atomic E-state index is -0.976. The molecule has 2 aromatic rings. The van der Waals surface area contributed by atoms with E-state index in [0.717, 1.165) is 14.7 Å². The summed E-state index contributed by atoms with van der Waals surface area (Å²) in [5, 5.41) is 8.89. The number of halogens is 2. The van der Waals surface area contributed by atoms with Gasteiger partial charge in [0.2, 0.25) is 0 Å². The van der Waals surface area contributed by atoms with Crippen molar-refractivity contribution in [2.45, 2.75) is 0 Å². The van der Waals surface area contributed by atoms with E-state index >= 15 is 0 Å². The summed E-state index contributed by atoms with van der Waals surface area (Å²) < 4.78 is 12.9. The van der Waals surface area contributed by atoms with Crippen molar-refractivity contribution in [2.24, 2.45) is 0 Å². The lowest BCUT2D eigenvalue weighted by atomic mass is 10.2. The molecule has 6 heteroatoms. The topological polar surface area (TPSA) is 55.8 Å². The highest BCUT2D eigenvalue weighted by atomic mass is 79.9. The van der Waals surface area contributed by atoms with Gasteiger partial charge in [-0.15, -0.1) is 0 Å². The molecule has 2 aromatic carbocycles. The van der Waals surface area contributed by atoms with Gasteiger partial charge in [0, 0.05) is 4.47 Å². The van der Waals surface area contributed by atoms with Crippen LogP contribution >= 0.6 is 31.9 Å². The molecular formula is C15H12Br2O4. The van der Waals surface area contributed by atoms with E-state index in [1.54, 1.807) is 12.1 Å². The highest BCUT2D eigenvalue weighted by Crippen LogP contribution is 2.28. The number of benzene rings is 2. The first-order chi connectivity index (χ1) is 10.1. The number of ether oxygens (including phenoxy) is 2. The van der Waals surface area contributed by atoms with Crippen LogP contribution in [-0.2, 0) is 0 Å². The lowest BCUT2D eigenvalue weighted by molar-refractivity contribution is 0.0696. The zero-order valence-electron chi connectivity index (χ0n) is 10.9. The van der Waals surface area contributed by atoms with Gasteiger partial charge in [-0.2, -0.15) is 0 Å². The number of rotatable bonds is 6. The molecule has 4 nitrogen and oxygen atoms in total. The van der Waals surface area contributed by atoms with Gasteiger partial charge in [0.15, 0.2) is 0 Å². The number of aromatic carboxylic acids is 1. The zero-order chi connectivity index (χ0) is 15.2. The van der Waals surface area contributed by atoms with Gasteiger partial charge in [-0.25, -0.2) is 4.79 Å². The Labute approximate surface area is 139 Å². The molecule has 0 aliphatic heterocycles. The lowest BCUT2D eigenvalue weighted by Crippen LogP contribution is -2.09. The molecule has 0 fully saturated rings. The van der Waals surface area contributed by atoms with E-state index < -0.39 is 5.97 Å². The lowest BCUT2D eigenvalue weighted by Gasteiger charge is -2.10. The van der Waals surface area contributed by atoms with Crippen molar-refractivity contribution in [3.63, 3.8) is 0 Å². The number of carbonyl (C=O) groups is 1. The Bertz CT molecular complexity index is 643. The average molecular weight is 416 g/mol. The monoisotopic (exact) mass is 414 g/mol. The Morgan fingerprint density at radius 2 is 1.81 bits per heavy atom. The third-order valence-electron chi connectivity index (χ3n) is 2.58. The fourth-order valence-electron chi connectivity index (χ4n) is 1.62. The predicted molar refractivity (Wildman–Crippen MR) is 86.2 cm³/mol. The van der Waals surface area contributed by atoms with Crippen LogP contribution in [-0.4, -0.2) is 24.3 Å². The molecule has 0 saturated carbocycles. The van der Waals surface area contributed by atoms with Gasteiger partial charge >= 0.3 is 5.97 Å². The second kappa shape index (κ2) is 7.47. The molecule has 0 unspecified atom stereocenters. The fourth-order valence-corrected chi connectivity index (χ4v) is 2.78. The van der Waals surface area contributed by atoms with E-state index in [-0.39, 0.29) is 5.56 Å². The van der Waals surface area contributed by atoms with Crippen LogP contribution in [0.15, 0.2) is 51.4 Å². The summed E-state index contributed by atoms with van der Waals surface area (Å²) in [6, 6.07) is 12.0. The summed E-state index contributed by atoms with van der Waals surface area (Å²) in [5.41, 5.74) is 0.198. The maximum absolute atomic E-state index is 10.8. The standard InChI is InChI=1S/C15H12Br2O4/c16-11-4-5-14(13(17)9-11)21-7-6-20-12-3-1-2-10(8-12)15(18)19/h1-5,8-9H,6-7H2,(H,18,19). The molecule has 0 atom stereocenters. The quantitative estimate of drug-likeness (QED) is 0.711. The third-order valence-corrected chi connectivity index (χ3v) is 3.70. The van der Waals surface area contributed by atoms with Crippen molar-refractivity contribution in [3.05, 3.63) is 57.0 Å². The predicted octanol–water partition coefficient (Wildman–Crippen LogP) is 4.37. The summed E-state index contributed by atoms with van der Waals surface area (Å²) in [5.74, 6) is 0.255. The van der Waals surface area contributed by atoms with Gasteiger partial charge in [-0.05, 0) is 52.3 Å². The summed E-state index contributed by atoms with van der Waals surface area (Å²) in [6.07, 6.45) is 0. The van der Waals surface area contributed by atoms with Crippen molar-refractivity contribution < 1.29 is 19.4 Å². The summed E-state index contributed by atoms with van der Waals surface area (Å²) in [7, 11) is 0. The highest BCUT2D eigenvalue weighted by Gasteiger charge is 2.04. The van der Waals surface area contributed by atoms with Crippen LogP contribution in [0, 0.1) is 0 Å².